The molecule has 0 aliphatic heterocycles. The smallest absolute Gasteiger partial charge is 0.159 e. The topological polar surface area (TPSA) is 0 Å². The van der Waals surface area contributed by atoms with Gasteiger partial charge in [-0.05, 0) is 17.7 Å². The fourth-order valence-corrected chi connectivity index (χ4v) is 1.09. The van der Waals surface area contributed by atoms with Gasteiger partial charge in [0.25, 0.3) is 0 Å². The second-order valence-electron chi connectivity index (χ2n) is 2.84. The maximum Gasteiger partial charge on any atom is 0.159 e. The van der Waals surface area contributed by atoms with E-state index in [0.29, 0.717) is 10.6 Å². The minimum Gasteiger partial charge on any atom is -0.204 e. The van der Waals surface area contributed by atoms with E-state index >= 15 is 0 Å². The van der Waals surface area contributed by atoms with Gasteiger partial charge in [-0.1, -0.05) is 31.2 Å². The number of hydrogen-bond acceptors (Lipinski definition) is 0. The Balaban J connectivity index is 3.03. The average molecular weight is 203 g/mol. The van der Waals surface area contributed by atoms with E-state index in [1.54, 1.807) is 6.92 Å². The summed E-state index contributed by atoms with van der Waals surface area (Å²) in [6.07, 6.45) is 0. The maximum absolute atomic E-state index is 12.8. The first kappa shape index (κ1) is 10.2. The van der Waals surface area contributed by atoms with E-state index in [-0.39, 0.29) is 5.92 Å². The summed E-state index contributed by atoms with van der Waals surface area (Å²) in [5.41, 5.74) is 0.624. The van der Waals surface area contributed by atoms with Gasteiger partial charge in [-0.15, -0.1) is 0 Å². The Morgan fingerprint density at radius 3 is 2.46 bits per heavy atom. The van der Waals surface area contributed by atoms with Crippen LogP contribution in [0.5, 0.6) is 0 Å². The van der Waals surface area contributed by atoms with Crippen LogP contribution in [0.25, 0.3) is 0 Å². The third kappa shape index (κ3) is 2.28. The normalized spacial score (nSPS) is 12.6. The lowest BCUT2D eigenvalue weighted by Gasteiger charge is -2.09. The number of halogens is 3. The van der Waals surface area contributed by atoms with Crippen LogP contribution in [-0.4, -0.2) is 0 Å². The molecule has 0 amide bonds. The molecule has 0 nitrogen and oxygen atoms in total. The van der Waals surface area contributed by atoms with Gasteiger partial charge in [0.15, 0.2) is 11.6 Å². The molecule has 0 bridgehead atoms. The summed E-state index contributed by atoms with van der Waals surface area (Å²) < 4.78 is 25.3. The van der Waals surface area contributed by atoms with Gasteiger partial charge in [0.1, 0.15) is 0 Å². The summed E-state index contributed by atoms with van der Waals surface area (Å²) in [6, 6.07) is 3.71. The standard InChI is InChI=1S/C10H9ClF2/c1-6(7(2)11)8-3-4-9(12)10(13)5-8/h3-6H,2H2,1H3. The lowest BCUT2D eigenvalue weighted by molar-refractivity contribution is 0.506. The summed E-state index contributed by atoms with van der Waals surface area (Å²) >= 11 is 5.64. The van der Waals surface area contributed by atoms with E-state index in [2.05, 4.69) is 6.58 Å². The zero-order valence-corrected chi connectivity index (χ0v) is 7.91. The molecule has 0 aliphatic carbocycles. The van der Waals surface area contributed by atoms with Crippen molar-refractivity contribution in [1.82, 2.24) is 0 Å². The molecule has 0 aliphatic rings. The van der Waals surface area contributed by atoms with Crippen molar-refractivity contribution in [2.45, 2.75) is 12.8 Å². The Kier molecular flexibility index (Phi) is 3.04. The summed E-state index contributed by atoms with van der Waals surface area (Å²) in [4.78, 5) is 0. The molecule has 0 saturated heterocycles. The molecule has 1 aromatic rings. The first-order valence-corrected chi connectivity index (χ1v) is 4.19. The fourth-order valence-electron chi connectivity index (χ4n) is 0.963. The van der Waals surface area contributed by atoms with Gasteiger partial charge < -0.3 is 0 Å². The Morgan fingerprint density at radius 1 is 1.38 bits per heavy atom. The van der Waals surface area contributed by atoms with Crippen molar-refractivity contribution >= 4 is 11.6 Å². The summed E-state index contributed by atoms with van der Waals surface area (Å²) in [7, 11) is 0. The minimum atomic E-state index is -0.859. The Morgan fingerprint density at radius 2 is 2.00 bits per heavy atom. The van der Waals surface area contributed by atoms with Crippen LogP contribution >= 0.6 is 11.6 Å². The quantitative estimate of drug-likeness (QED) is 0.684. The lowest BCUT2D eigenvalue weighted by Crippen LogP contribution is -1.95. The Hall–Kier alpha value is -0.890. The highest BCUT2D eigenvalue weighted by Crippen LogP contribution is 2.25. The molecule has 3 heteroatoms. The van der Waals surface area contributed by atoms with Crippen molar-refractivity contribution < 1.29 is 8.78 Å². The van der Waals surface area contributed by atoms with Crippen molar-refractivity contribution in [3.05, 3.63) is 47.0 Å². The first-order valence-electron chi connectivity index (χ1n) is 3.81. The highest BCUT2D eigenvalue weighted by Gasteiger charge is 2.10. The van der Waals surface area contributed by atoms with Crippen molar-refractivity contribution in [3.8, 4) is 0 Å². The SMILES string of the molecule is C=C(Cl)C(C)c1ccc(F)c(F)c1. The molecule has 0 fully saturated rings. The predicted molar refractivity (Wildman–Crippen MR) is 49.8 cm³/mol. The molecule has 1 unspecified atom stereocenters. The van der Waals surface area contributed by atoms with Crippen LogP contribution in [0, 0.1) is 11.6 Å². The molecular formula is C10H9ClF2. The van der Waals surface area contributed by atoms with E-state index in [1.165, 1.54) is 6.07 Å². The van der Waals surface area contributed by atoms with Crippen LogP contribution < -0.4 is 0 Å². The molecule has 0 aromatic heterocycles. The van der Waals surface area contributed by atoms with Crippen molar-refractivity contribution in [2.24, 2.45) is 0 Å². The van der Waals surface area contributed by atoms with Crippen molar-refractivity contribution in [3.63, 3.8) is 0 Å². The highest BCUT2D eigenvalue weighted by atomic mass is 35.5. The van der Waals surface area contributed by atoms with Gasteiger partial charge in [-0.25, -0.2) is 8.78 Å². The first-order chi connectivity index (χ1) is 6.02. The van der Waals surface area contributed by atoms with Gasteiger partial charge in [-0.2, -0.15) is 0 Å². The molecular weight excluding hydrogens is 194 g/mol. The van der Waals surface area contributed by atoms with Gasteiger partial charge in [0.2, 0.25) is 0 Å². The van der Waals surface area contributed by atoms with E-state index in [0.717, 1.165) is 12.1 Å². The van der Waals surface area contributed by atoms with E-state index in [9.17, 15) is 8.78 Å². The van der Waals surface area contributed by atoms with Gasteiger partial charge in [0.05, 0.1) is 0 Å². The highest BCUT2D eigenvalue weighted by molar-refractivity contribution is 6.29. The molecule has 0 spiro atoms. The minimum absolute atomic E-state index is 0.170. The Labute approximate surface area is 80.8 Å². The van der Waals surface area contributed by atoms with E-state index < -0.39 is 11.6 Å². The van der Waals surface area contributed by atoms with Gasteiger partial charge in [0, 0.05) is 11.0 Å². The molecule has 0 heterocycles. The molecule has 13 heavy (non-hydrogen) atoms. The fraction of sp³-hybridized carbons (Fsp3) is 0.200. The zero-order valence-electron chi connectivity index (χ0n) is 7.15. The molecule has 1 rings (SSSR count). The zero-order chi connectivity index (χ0) is 10.0. The average Bonchev–Trinajstić information content (AvgIpc) is 2.08. The summed E-state index contributed by atoms with van der Waals surface area (Å²) in [5.74, 6) is -1.88. The van der Waals surface area contributed by atoms with Crippen LogP contribution in [0.3, 0.4) is 0 Å². The van der Waals surface area contributed by atoms with E-state index in [4.69, 9.17) is 11.6 Å². The van der Waals surface area contributed by atoms with Crippen molar-refractivity contribution in [2.75, 3.05) is 0 Å². The third-order valence-electron chi connectivity index (χ3n) is 1.91. The second kappa shape index (κ2) is 3.88. The largest absolute Gasteiger partial charge is 0.204 e. The van der Waals surface area contributed by atoms with Crippen LogP contribution in [-0.2, 0) is 0 Å². The molecule has 1 atom stereocenters. The molecule has 0 N–H and O–H groups in total. The number of rotatable bonds is 2. The van der Waals surface area contributed by atoms with Crippen LogP contribution in [0.1, 0.15) is 18.4 Å². The maximum atomic E-state index is 12.8. The van der Waals surface area contributed by atoms with E-state index in [1.807, 2.05) is 0 Å². The van der Waals surface area contributed by atoms with Crippen molar-refractivity contribution in [1.29, 1.82) is 0 Å². The lowest BCUT2D eigenvalue weighted by atomic mass is 10.0. The summed E-state index contributed by atoms with van der Waals surface area (Å²) in [5, 5.41) is 0.408. The number of allylic oxidation sites excluding steroid dienone is 1. The molecule has 0 radical (unpaired) electrons. The number of hydrogen-bond donors (Lipinski definition) is 0. The third-order valence-corrected chi connectivity index (χ3v) is 2.24. The van der Waals surface area contributed by atoms with Gasteiger partial charge >= 0.3 is 0 Å². The molecule has 70 valence electrons. The van der Waals surface area contributed by atoms with Crippen LogP contribution in [0.4, 0.5) is 8.78 Å². The molecule has 0 saturated carbocycles. The number of benzene rings is 1. The summed E-state index contributed by atoms with van der Waals surface area (Å²) in [6.45, 7) is 5.31. The monoisotopic (exact) mass is 202 g/mol. The van der Waals surface area contributed by atoms with Crippen LogP contribution in [0.15, 0.2) is 29.8 Å². The Bertz CT molecular complexity index is 334. The molecule has 1 aromatic carbocycles. The van der Waals surface area contributed by atoms with Gasteiger partial charge in [-0.3, -0.25) is 0 Å². The second-order valence-corrected chi connectivity index (χ2v) is 3.33. The predicted octanol–water partition coefficient (Wildman–Crippen LogP) is 3.82. The van der Waals surface area contributed by atoms with Crippen LogP contribution in [0.2, 0.25) is 0 Å².